The lowest BCUT2D eigenvalue weighted by Crippen LogP contribution is -2.26. The number of aliphatic carboxylic acids is 1. The minimum absolute atomic E-state index is 0.175. The number of aryl methyl sites for hydroxylation is 1. The number of hydrogen-bond acceptors (Lipinski definition) is 3. The highest BCUT2D eigenvalue weighted by Crippen LogP contribution is 2.37. The van der Waals surface area contributed by atoms with Crippen molar-refractivity contribution in [3.63, 3.8) is 0 Å². The second-order valence-electron chi connectivity index (χ2n) is 5.00. The van der Waals surface area contributed by atoms with Crippen LogP contribution in [0.2, 0.25) is 0 Å². The van der Waals surface area contributed by atoms with Crippen molar-refractivity contribution in [3.8, 4) is 0 Å². The Bertz CT molecular complexity index is 491. The summed E-state index contributed by atoms with van der Waals surface area (Å²) in [6, 6.07) is 4.20. The Labute approximate surface area is 122 Å². The first-order chi connectivity index (χ1) is 8.99. The van der Waals surface area contributed by atoms with Crippen molar-refractivity contribution in [3.05, 3.63) is 22.2 Å². The summed E-state index contributed by atoms with van der Waals surface area (Å²) >= 11 is 3.53. The van der Waals surface area contributed by atoms with E-state index in [9.17, 15) is 4.79 Å². The Morgan fingerprint density at radius 1 is 1.42 bits per heavy atom. The summed E-state index contributed by atoms with van der Waals surface area (Å²) in [6.45, 7) is 4.56. The number of carbonyl (C=O) groups is 1. The zero-order chi connectivity index (χ0) is 14.0. The summed E-state index contributed by atoms with van der Waals surface area (Å²) in [5, 5.41) is 8.88. The van der Waals surface area contributed by atoms with E-state index in [-0.39, 0.29) is 6.42 Å². The van der Waals surface area contributed by atoms with E-state index >= 15 is 0 Å². The number of carboxylic acids is 1. The third kappa shape index (κ3) is 3.21. The molecule has 0 unspecified atom stereocenters. The van der Waals surface area contributed by atoms with Crippen molar-refractivity contribution in [1.82, 2.24) is 0 Å². The first-order valence-corrected chi connectivity index (χ1v) is 7.26. The van der Waals surface area contributed by atoms with Gasteiger partial charge in [0.2, 0.25) is 0 Å². The number of nitrogens with zero attached hydrogens (tertiary/aromatic N) is 2. The van der Waals surface area contributed by atoms with Crippen LogP contribution < -0.4 is 9.80 Å². The number of halogens is 1. The molecule has 0 amide bonds. The normalized spacial score (nSPS) is 15.1. The predicted octanol–water partition coefficient (Wildman–Crippen LogP) is 2.88. The lowest BCUT2D eigenvalue weighted by atomic mass is 10.1. The van der Waals surface area contributed by atoms with E-state index in [4.69, 9.17) is 5.11 Å². The Hall–Kier alpha value is -1.23. The van der Waals surface area contributed by atoms with Crippen molar-refractivity contribution >= 4 is 33.3 Å². The van der Waals surface area contributed by atoms with Gasteiger partial charge in [0.1, 0.15) is 0 Å². The monoisotopic (exact) mass is 326 g/mol. The molecule has 0 bridgehead atoms. The minimum atomic E-state index is -0.745. The summed E-state index contributed by atoms with van der Waals surface area (Å²) in [5.74, 6) is -0.745. The molecular weight excluding hydrogens is 308 g/mol. The van der Waals surface area contributed by atoms with Gasteiger partial charge in [0, 0.05) is 31.2 Å². The number of fused-ring (bicyclic) bond motifs is 1. The smallest absolute Gasteiger partial charge is 0.305 e. The number of benzene rings is 1. The molecule has 1 heterocycles. The molecule has 1 aromatic carbocycles. The van der Waals surface area contributed by atoms with Gasteiger partial charge < -0.3 is 14.9 Å². The molecule has 5 heteroatoms. The molecule has 2 rings (SSSR count). The van der Waals surface area contributed by atoms with Crippen LogP contribution in [0.25, 0.3) is 0 Å². The molecular formula is C14H19BrN2O2. The van der Waals surface area contributed by atoms with Gasteiger partial charge in [-0.2, -0.15) is 0 Å². The SMILES string of the molecule is Cc1cc(Br)cc2c1N(C)CCCN2CCC(=O)O. The van der Waals surface area contributed by atoms with E-state index in [2.05, 4.69) is 51.8 Å². The number of rotatable bonds is 3. The lowest BCUT2D eigenvalue weighted by molar-refractivity contribution is -0.136. The van der Waals surface area contributed by atoms with Crippen LogP contribution in [0.15, 0.2) is 16.6 Å². The first kappa shape index (κ1) is 14.2. The summed E-state index contributed by atoms with van der Waals surface area (Å²) < 4.78 is 1.04. The average Bonchev–Trinajstić information content (AvgIpc) is 2.46. The van der Waals surface area contributed by atoms with Gasteiger partial charge in [-0.15, -0.1) is 0 Å². The fraction of sp³-hybridized carbons (Fsp3) is 0.500. The fourth-order valence-corrected chi connectivity index (χ4v) is 3.21. The number of carboxylic acid groups (broad SMARTS) is 1. The maximum Gasteiger partial charge on any atom is 0.305 e. The molecule has 1 N–H and O–H groups in total. The van der Waals surface area contributed by atoms with E-state index in [1.165, 1.54) is 11.3 Å². The maximum absolute atomic E-state index is 10.8. The molecule has 0 aromatic heterocycles. The number of hydrogen-bond donors (Lipinski definition) is 1. The van der Waals surface area contributed by atoms with Gasteiger partial charge in [0.05, 0.1) is 17.8 Å². The van der Waals surface area contributed by atoms with Crippen LogP contribution in [0.3, 0.4) is 0 Å². The highest BCUT2D eigenvalue weighted by Gasteiger charge is 2.21. The minimum Gasteiger partial charge on any atom is -0.481 e. The van der Waals surface area contributed by atoms with E-state index in [1.807, 2.05) is 0 Å². The highest BCUT2D eigenvalue weighted by molar-refractivity contribution is 9.10. The van der Waals surface area contributed by atoms with Gasteiger partial charge in [-0.05, 0) is 31.0 Å². The fourth-order valence-electron chi connectivity index (χ4n) is 2.65. The topological polar surface area (TPSA) is 43.8 Å². The van der Waals surface area contributed by atoms with Crippen molar-refractivity contribution < 1.29 is 9.90 Å². The highest BCUT2D eigenvalue weighted by atomic mass is 79.9. The first-order valence-electron chi connectivity index (χ1n) is 6.47. The second-order valence-corrected chi connectivity index (χ2v) is 5.91. The van der Waals surface area contributed by atoms with Crippen LogP contribution in [0.1, 0.15) is 18.4 Å². The third-order valence-electron chi connectivity index (χ3n) is 3.48. The van der Waals surface area contributed by atoms with E-state index in [1.54, 1.807) is 0 Å². The van der Waals surface area contributed by atoms with Gasteiger partial charge in [-0.3, -0.25) is 4.79 Å². The third-order valence-corrected chi connectivity index (χ3v) is 3.94. The summed E-state index contributed by atoms with van der Waals surface area (Å²) in [4.78, 5) is 15.2. The standard InChI is InChI=1S/C14H19BrN2O2/c1-10-8-11(15)9-12-14(10)16(2)5-3-6-17(12)7-4-13(18)19/h8-9H,3-7H2,1-2H3,(H,18,19). The molecule has 0 radical (unpaired) electrons. The number of anilines is 2. The van der Waals surface area contributed by atoms with Crippen molar-refractivity contribution in [1.29, 1.82) is 0 Å². The van der Waals surface area contributed by atoms with E-state index in [0.717, 1.165) is 29.7 Å². The van der Waals surface area contributed by atoms with Gasteiger partial charge >= 0.3 is 5.97 Å². The zero-order valence-electron chi connectivity index (χ0n) is 11.3. The molecule has 0 fully saturated rings. The molecule has 1 aromatic rings. The van der Waals surface area contributed by atoms with Crippen LogP contribution >= 0.6 is 15.9 Å². The van der Waals surface area contributed by atoms with Crippen LogP contribution in [0, 0.1) is 6.92 Å². The van der Waals surface area contributed by atoms with Crippen molar-refractivity contribution in [2.75, 3.05) is 36.5 Å². The molecule has 4 nitrogen and oxygen atoms in total. The molecule has 0 spiro atoms. The van der Waals surface area contributed by atoms with Gasteiger partial charge in [-0.25, -0.2) is 0 Å². The second kappa shape index (κ2) is 5.82. The van der Waals surface area contributed by atoms with E-state index in [0.29, 0.717) is 6.54 Å². The van der Waals surface area contributed by atoms with Crippen LogP contribution in [0.5, 0.6) is 0 Å². The Balaban J connectivity index is 2.38. The lowest BCUT2D eigenvalue weighted by Gasteiger charge is -2.27. The Kier molecular flexibility index (Phi) is 4.34. The van der Waals surface area contributed by atoms with Crippen LogP contribution in [-0.2, 0) is 4.79 Å². The molecule has 19 heavy (non-hydrogen) atoms. The molecule has 0 aliphatic carbocycles. The Morgan fingerprint density at radius 2 is 2.16 bits per heavy atom. The van der Waals surface area contributed by atoms with Gasteiger partial charge in [0.15, 0.2) is 0 Å². The largest absolute Gasteiger partial charge is 0.481 e. The molecule has 1 aliphatic heterocycles. The summed E-state index contributed by atoms with van der Waals surface area (Å²) in [6.07, 6.45) is 1.22. The average molecular weight is 327 g/mol. The van der Waals surface area contributed by atoms with Gasteiger partial charge in [-0.1, -0.05) is 15.9 Å². The summed E-state index contributed by atoms with van der Waals surface area (Å²) in [7, 11) is 2.10. The zero-order valence-corrected chi connectivity index (χ0v) is 12.9. The van der Waals surface area contributed by atoms with E-state index < -0.39 is 5.97 Å². The molecule has 104 valence electrons. The predicted molar refractivity (Wildman–Crippen MR) is 81.2 cm³/mol. The Morgan fingerprint density at radius 3 is 2.84 bits per heavy atom. The van der Waals surface area contributed by atoms with Crippen LogP contribution in [-0.4, -0.2) is 37.8 Å². The molecule has 1 aliphatic rings. The molecule has 0 saturated heterocycles. The maximum atomic E-state index is 10.8. The summed E-state index contributed by atoms with van der Waals surface area (Å²) in [5.41, 5.74) is 3.56. The molecule has 0 atom stereocenters. The van der Waals surface area contributed by atoms with Crippen LogP contribution in [0.4, 0.5) is 11.4 Å². The van der Waals surface area contributed by atoms with Gasteiger partial charge in [0.25, 0.3) is 0 Å². The van der Waals surface area contributed by atoms with Crippen molar-refractivity contribution in [2.24, 2.45) is 0 Å². The quantitative estimate of drug-likeness (QED) is 0.927. The van der Waals surface area contributed by atoms with Crippen molar-refractivity contribution in [2.45, 2.75) is 19.8 Å². The molecule has 0 saturated carbocycles.